The van der Waals surface area contributed by atoms with Crippen molar-refractivity contribution in [3.63, 3.8) is 0 Å². The molecule has 2 unspecified atom stereocenters. The standard InChI is InChI=1S/C12H22N2O3.ClH/c1-14(7-10-3-2-5-16-8-10)12(15)11-9-17-6-4-13-11;/h10-11,13H,2-9H2,1H3;1H. The molecule has 0 aliphatic carbocycles. The summed E-state index contributed by atoms with van der Waals surface area (Å²) in [7, 11) is 1.87. The number of hydrogen-bond donors (Lipinski definition) is 1. The van der Waals surface area contributed by atoms with Gasteiger partial charge in [-0.25, -0.2) is 0 Å². The van der Waals surface area contributed by atoms with Gasteiger partial charge in [0.15, 0.2) is 0 Å². The van der Waals surface area contributed by atoms with Crippen molar-refractivity contribution >= 4 is 18.3 Å². The zero-order chi connectivity index (χ0) is 12.1. The summed E-state index contributed by atoms with van der Waals surface area (Å²) in [6.45, 7) is 4.39. The van der Waals surface area contributed by atoms with Gasteiger partial charge in [-0.15, -0.1) is 12.4 Å². The Morgan fingerprint density at radius 1 is 1.33 bits per heavy atom. The number of carbonyl (C=O) groups excluding carboxylic acids is 1. The van der Waals surface area contributed by atoms with Gasteiger partial charge in [0, 0.05) is 26.7 Å². The van der Waals surface area contributed by atoms with E-state index in [1.165, 1.54) is 0 Å². The maximum Gasteiger partial charge on any atom is 0.241 e. The van der Waals surface area contributed by atoms with Gasteiger partial charge in [0.05, 0.1) is 19.8 Å². The number of carbonyl (C=O) groups is 1. The molecule has 5 nitrogen and oxygen atoms in total. The molecule has 2 fully saturated rings. The van der Waals surface area contributed by atoms with Crippen molar-refractivity contribution in [2.24, 2.45) is 5.92 Å². The first-order chi connectivity index (χ1) is 8.27. The van der Waals surface area contributed by atoms with Crippen LogP contribution < -0.4 is 5.32 Å². The van der Waals surface area contributed by atoms with Crippen molar-refractivity contribution in [1.82, 2.24) is 10.2 Å². The minimum absolute atomic E-state index is 0. The van der Waals surface area contributed by atoms with Gasteiger partial charge in [-0.3, -0.25) is 4.79 Å². The third kappa shape index (κ3) is 4.39. The summed E-state index contributed by atoms with van der Waals surface area (Å²) in [5.74, 6) is 0.623. The van der Waals surface area contributed by atoms with Crippen molar-refractivity contribution < 1.29 is 14.3 Å². The van der Waals surface area contributed by atoms with Crippen LogP contribution in [0.15, 0.2) is 0 Å². The molecule has 2 aliphatic rings. The number of rotatable bonds is 3. The molecule has 6 heteroatoms. The van der Waals surface area contributed by atoms with Gasteiger partial charge in [0.1, 0.15) is 6.04 Å². The summed E-state index contributed by atoms with van der Waals surface area (Å²) in [5.41, 5.74) is 0. The highest BCUT2D eigenvalue weighted by atomic mass is 35.5. The topological polar surface area (TPSA) is 50.8 Å². The highest BCUT2D eigenvalue weighted by Gasteiger charge is 2.26. The first-order valence-electron chi connectivity index (χ1n) is 6.41. The average Bonchev–Trinajstić information content (AvgIpc) is 2.40. The molecule has 2 atom stereocenters. The predicted octanol–water partition coefficient (Wildman–Crippen LogP) is 0.282. The quantitative estimate of drug-likeness (QED) is 0.806. The Hall–Kier alpha value is -0.360. The maximum atomic E-state index is 12.1. The van der Waals surface area contributed by atoms with Crippen LogP contribution in [0.25, 0.3) is 0 Å². The fourth-order valence-corrected chi connectivity index (χ4v) is 2.42. The number of hydrogen-bond acceptors (Lipinski definition) is 4. The van der Waals surface area contributed by atoms with Crippen LogP contribution in [-0.4, -0.2) is 63.4 Å². The summed E-state index contributed by atoms with van der Waals surface area (Å²) in [6.07, 6.45) is 2.27. The SMILES string of the molecule is CN(CC1CCCOC1)C(=O)C1COCCN1.Cl. The molecule has 0 spiro atoms. The van der Waals surface area contributed by atoms with Gasteiger partial charge in [0.25, 0.3) is 0 Å². The number of likely N-dealkylation sites (N-methyl/N-ethyl adjacent to an activating group) is 1. The Bertz CT molecular complexity index is 254. The second-order valence-corrected chi connectivity index (χ2v) is 4.88. The highest BCUT2D eigenvalue weighted by Crippen LogP contribution is 2.14. The summed E-state index contributed by atoms with van der Waals surface area (Å²) in [5, 5.41) is 3.19. The molecule has 0 bridgehead atoms. The summed E-state index contributed by atoms with van der Waals surface area (Å²) >= 11 is 0. The molecule has 2 heterocycles. The van der Waals surface area contributed by atoms with Crippen LogP contribution in [0.1, 0.15) is 12.8 Å². The molecule has 18 heavy (non-hydrogen) atoms. The third-order valence-corrected chi connectivity index (χ3v) is 3.38. The first-order valence-corrected chi connectivity index (χ1v) is 6.41. The first kappa shape index (κ1) is 15.7. The molecule has 0 saturated carbocycles. The second-order valence-electron chi connectivity index (χ2n) is 4.88. The molecular formula is C12H23ClN2O3. The van der Waals surface area contributed by atoms with E-state index in [4.69, 9.17) is 9.47 Å². The van der Waals surface area contributed by atoms with E-state index in [9.17, 15) is 4.79 Å². The van der Waals surface area contributed by atoms with Crippen LogP contribution in [0, 0.1) is 5.92 Å². The zero-order valence-electron chi connectivity index (χ0n) is 10.9. The summed E-state index contributed by atoms with van der Waals surface area (Å²) < 4.78 is 10.7. The van der Waals surface area contributed by atoms with Crippen LogP contribution in [-0.2, 0) is 14.3 Å². The van der Waals surface area contributed by atoms with Crippen molar-refractivity contribution in [3.05, 3.63) is 0 Å². The van der Waals surface area contributed by atoms with Gasteiger partial charge in [-0.1, -0.05) is 0 Å². The molecule has 2 rings (SSSR count). The molecule has 2 aliphatic heterocycles. The molecule has 1 amide bonds. The van der Waals surface area contributed by atoms with Crippen molar-refractivity contribution in [1.29, 1.82) is 0 Å². The Morgan fingerprint density at radius 2 is 2.11 bits per heavy atom. The molecule has 0 aromatic heterocycles. The van der Waals surface area contributed by atoms with Crippen LogP contribution >= 0.6 is 12.4 Å². The van der Waals surface area contributed by atoms with Crippen LogP contribution in [0.4, 0.5) is 0 Å². The highest BCUT2D eigenvalue weighted by molar-refractivity contribution is 5.85. The fraction of sp³-hybridized carbons (Fsp3) is 0.917. The third-order valence-electron chi connectivity index (χ3n) is 3.38. The largest absolute Gasteiger partial charge is 0.381 e. The Morgan fingerprint density at radius 3 is 2.72 bits per heavy atom. The van der Waals surface area contributed by atoms with Crippen LogP contribution in [0.3, 0.4) is 0 Å². The molecule has 2 saturated heterocycles. The van der Waals surface area contributed by atoms with Crippen molar-refractivity contribution in [2.75, 3.05) is 46.6 Å². The monoisotopic (exact) mass is 278 g/mol. The van der Waals surface area contributed by atoms with E-state index in [1.54, 1.807) is 0 Å². The molecule has 0 aromatic rings. The van der Waals surface area contributed by atoms with Crippen LogP contribution in [0.5, 0.6) is 0 Å². The number of amides is 1. The second kappa shape index (κ2) is 7.94. The minimum atomic E-state index is -0.168. The Balaban J connectivity index is 0.00000162. The fourth-order valence-electron chi connectivity index (χ4n) is 2.42. The number of ether oxygens (including phenoxy) is 2. The number of nitrogens with zero attached hydrogens (tertiary/aromatic N) is 1. The van der Waals surface area contributed by atoms with Gasteiger partial charge < -0.3 is 19.7 Å². The van der Waals surface area contributed by atoms with Crippen LogP contribution in [0.2, 0.25) is 0 Å². The van der Waals surface area contributed by atoms with E-state index in [0.717, 1.165) is 39.1 Å². The smallest absolute Gasteiger partial charge is 0.241 e. The van der Waals surface area contributed by atoms with E-state index in [2.05, 4.69) is 5.32 Å². The minimum Gasteiger partial charge on any atom is -0.381 e. The lowest BCUT2D eigenvalue weighted by Crippen LogP contribution is -2.52. The lowest BCUT2D eigenvalue weighted by atomic mass is 10.0. The molecule has 0 radical (unpaired) electrons. The summed E-state index contributed by atoms with van der Waals surface area (Å²) in [6, 6.07) is -0.168. The zero-order valence-corrected chi connectivity index (χ0v) is 11.7. The van der Waals surface area contributed by atoms with Crippen molar-refractivity contribution in [2.45, 2.75) is 18.9 Å². The maximum absolute atomic E-state index is 12.1. The molecular weight excluding hydrogens is 256 g/mol. The lowest BCUT2D eigenvalue weighted by Gasteiger charge is -2.31. The average molecular weight is 279 g/mol. The van der Waals surface area contributed by atoms with E-state index in [0.29, 0.717) is 19.1 Å². The van der Waals surface area contributed by atoms with E-state index in [1.807, 2.05) is 11.9 Å². The normalized spacial score (nSPS) is 28.3. The predicted molar refractivity (Wildman–Crippen MR) is 71.0 cm³/mol. The van der Waals surface area contributed by atoms with Gasteiger partial charge in [-0.05, 0) is 18.8 Å². The van der Waals surface area contributed by atoms with E-state index in [-0.39, 0.29) is 24.4 Å². The number of nitrogens with one attached hydrogen (secondary N) is 1. The summed E-state index contributed by atoms with van der Waals surface area (Å²) in [4.78, 5) is 13.9. The van der Waals surface area contributed by atoms with E-state index < -0.39 is 0 Å². The molecule has 0 aromatic carbocycles. The Kier molecular flexibility index (Phi) is 6.92. The number of morpholine rings is 1. The van der Waals surface area contributed by atoms with Gasteiger partial charge >= 0.3 is 0 Å². The van der Waals surface area contributed by atoms with Gasteiger partial charge in [-0.2, -0.15) is 0 Å². The Labute approximate surface area is 115 Å². The van der Waals surface area contributed by atoms with Gasteiger partial charge in [0.2, 0.25) is 5.91 Å². The lowest BCUT2D eigenvalue weighted by molar-refractivity contribution is -0.136. The van der Waals surface area contributed by atoms with Crippen molar-refractivity contribution in [3.8, 4) is 0 Å². The van der Waals surface area contributed by atoms with E-state index >= 15 is 0 Å². The molecule has 106 valence electrons. The number of halogens is 1. The molecule has 1 N–H and O–H groups in total.